The van der Waals surface area contributed by atoms with Gasteiger partial charge >= 0.3 is 0 Å². The molecule has 0 spiro atoms. The van der Waals surface area contributed by atoms with E-state index < -0.39 is 0 Å². The van der Waals surface area contributed by atoms with E-state index in [1.54, 1.807) is 6.33 Å². The van der Waals surface area contributed by atoms with Gasteiger partial charge in [-0.1, -0.05) is 6.92 Å². The van der Waals surface area contributed by atoms with Crippen LogP contribution in [0.15, 0.2) is 6.33 Å². The summed E-state index contributed by atoms with van der Waals surface area (Å²) in [6.07, 6.45) is 3.84. The highest BCUT2D eigenvalue weighted by molar-refractivity contribution is 7.20. The summed E-state index contributed by atoms with van der Waals surface area (Å²) in [4.78, 5) is 33.4. The van der Waals surface area contributed by atoms with E-state index in [1.165, 1.54) is 24.3 Å². The third kappa shape index (κ3) is 5.39. The first kappa shape index (κ1) is 23.4. The molecule has 2 aromatic rings. The van der Waals surface area contributed by atoms with Crippen LogP contribution in [-0.4, -0.2) is 110 Å². The highest BCUT2D eigenvalue weighted by Crippen LogP contribution is 2.35. The molecular weight excluding hydrogens is 422 g/mol. The van der Waals surface area contributed by atoms with E-state index in [-0.39, 0.29) is 5.91 Å². The number of aryl methyl sites for hydroxylation is 1. The molecule has 2 saturated heterocycles. The van der Waals surface area contributed by atoms with Gasteiger partial charge in [0.25, 0.3) is 5.91 Å². The summed E-state index contributed by atoms with van der Waals surface area (Å²) in [5.74, 6) is 0.987. The molecule has 4 rings (SSSR count). The van der Waals surface area contributed by atoms with Crippen LogP contribution in [0.4, 0.5) is 5.82 Å². The molecule has 4 heterocycles. The molecule has 32 heavy (non-hydrogen) atoms. The summed E-state index contributed by atoms with van der Waals surface area (Å²) in [5.41, 5.74) is 1.00. The number of hydrogen-bond donors (Lipinski definition) is 1. The predicted molar refractivity (Wildman–Crippen MR) is 132 cm³/mol. The zero-order valence-corrected chi connectivity index (χ0v) is 20.6. The largest absolute Gasteiger partial charge is 0.353 e. The Morgan fingerprint density at radius 1 is 1.03 bits per heavy atom. The molecule has 0 bridgehead atoms. The molecule has 2 fully saturated rings. The van der Waals surface area contributed by atoms with Crippen molar-refractivity contribution in [2.45, 2.75) is 26.7 Å². The molecule has 1 amide bonds. The summed E-state index contributed by atoms with van der Waals surface area (Å²) >= 11 is 1.49. The maximum absolute atomic E-state index is 12.9. The summed E-state index contributed by atoms with van der Waals surface area (Å²) in [7, 11) is 2.15. The molecule has 0 saturated carbocycles. The van der Waals surface area contributed by atoms with Crippen LogP contribution in [0, 0.1) is 6.92 Å². The molecule has 8 nitrogen and oxygen atoms in total. The van der Waals surface area contributed by atoms with Crippen LogP contribution >= 0.6 is 11.3 Å². The lowest BCUT2D eigenvalue weighted by Gasteiger charge is -2.34. The summed E-state index contributed by atoms with van der Waals surface area (Å²) < 4.78 is 0. The molecule has 0 unspecified atom stereocenters. The van der Waals surface area contributed by atoms with Gasteiger partial charge in [0.2, 0.25) is 0 Å². The van der Waals surface area contributed by atoms with E-state index in [0.717, 1.165) is 91.8 Å². The van der Waals surface area contributed by atoms with Gasteiger partial charge in [-0.2, -0.15) is 0 Å². The van der Waals surface area contributed by atoms with Crippen LogP contribution in [0.3, 0.4) is 0 Å². The molecule has 0 radical (unpaired) electrons. The fourth-order valence-corrected chi connectivity index (χ4v) is 5.72. The predicted octanol–water partition coefficient (Wildman–Crippen LogP) is 1.90. The smallest absolute Gasteiger partial charge is 0.261 e. The van der Waals surface area contributed by atoms with Gasteiger partial charge in [-0.15, -0.1) is 11.3 Å². The Morgan fingerprint density at radius 2 is 1.72 bits per heavy atom. The van der Waals surface area contributed by atoms with E-state index in [2.05, 4.69) is 48.9 Å². The van der Waals surface area contributed by atoms with Gasteiger partial charge in [0, 0.05) is 58.9 Å². The van der Waals surface area contributed by atoms with Crippen molar-refractivity contribution < 1.29 is 4.79 Å². The first-order valence-corrected chi connectivity index (χ1v) is 12.8. The number of aromatic nitrogens is 2. The van der Waals surface area contributed by atoms with Gasteiger partial charge in [-0.3, -0.25) is 4.79 Å². The van der Waals surface area contributed by atoms with E-state index in [9.17, 15) is 4.79 Å². The maximum Gasteiger partial charge on any atom is 0.261 e. The number of carbonyl (C=O) groups excluding carboxylic acids is 1. The fourth-order valence-electron chi connectivity index (χ4n) is 4.67. The number of amides is 1. The van der Waals surface area contributed by atoms with Crippen LogP contribution in [0.1, 0.15) is 35.0 Å². The van der Waals surface area contributed by atoms with Crippen molar-refractivity contribution in [3.63, 3.8) is 0 Å². The number of thiophene rings is 1. The quantitative estimate of drug-likeness (QED) is 0.605. The second kappa shape index (κ2) is 10.9. The van der Waals surface area contributed by atoms with Gasteiger partial charge in [0.15, 0.2) is 0 Å². The first-order valence-electron chi connectivity index (χ1n) is 12.0. The minimum Gasteiger partial charge on any atom is -0.353 e. The number of fused-ring (bicyclic) bond motifs is 1. The minimum absolute atomic E-state index is 0.0163. The number of piperazine rings is 2. The van der Waals surface area contributed by atoms with Gasteiger partial charge in [-0.25, -0.2) is 9.97 Å². The number of nitrogens with one attached hydrogen (secondary N) is 1. The Morgan fingerprint density at radius 3 is 2.41 bits per heavy atom. The van der Waals surface area contributed by atoms with Crippen molar-refractivity contribution in [3.8, 4) is 0 Å². The van der Waals surface area contributed by atoms with Crippen molar-refractivity contribution in [2.75, 3.05) is 83.9 Å². The summed E-state index contributed by atoms with van der Waals surface area (Å²) in [6.45, 7) is 15.8. The number of nitrogens with zero attached hydrogens (tertiary/aromatic N) is 6. The zero-order valence-electron chi connectivity index (χ0n) is 19.8. The van der Waals surface area contributed by atoms with Crippen LogP contribution < -0.4 is 10.2 Å². The third-order valence-corrected chi connectivity index (χ3v) is 7.86. The van der Waals surface area contributed by atoms with E-state index in [4.69, 9.17) is 0 Å². The first-order chi connectivity index (χ1) is 15.6. The van der Waals surface area contributed by atoms with Gasteiger partial charge in [-0.05, 0) is 45.5 Å². The van der Waals surface area contributed by atoms with Crippen molar-refractivity contribution in [1.82, 2.24) is 30.0 Å². The second-order valence-corrected chi connectivity index (χ2v) is 10.0. The zero-order chi connectivity index (χ0) is 22.5. The second-order valence-electron chi connectivity index (χ2n) is 9.02. The Kier molecular flexibility index (Phi) is 7.93. The maximum atomic E-state index is 12.9. The molecule has 9 heteroatoms. The van der Waals surface area contributed by atoms with Crippen LogP contribution in [-0.2, 0) is 0 Å². The SMILES string of the molecule is CCCN1CCN(CCCNC(=O)c2sc3ncnc(N4CCN(C)CC4)c3c2C)CC1. The molecule has 0 aromatic carbocycles. The van der Waals surface area contributed by atoms with Crippen molar-refractivity contribution in [2.24, 2.45) is 0 Å². The van der Waals surface area contributed by atoms with Crippen LogP contribution in [0.2, 0.25) is 0 Å². The van der Waals surface area contributed by atoms with Crippen molar-refractivity contribution >= 4 is 33.3 Å². The van der Waals surface area contributed by atoms with E-state index >= 15 is 0 Å². The number of likely N-dealkylation sites (N-methyl/N-ethyl adjacent to an activating group) is 1. The van der Waals surface area contributed by atoms with E-state index in [0.29, 0.717) is 6.54 Å². The lowest BCUT2D eigenvalue weighted by atomic mass is 10.1. The van der Waals surface area contributed by atoms with Gasteiger partial charge < -0.3 is 24.9 Å². The molecule has 1 N–H and O–H groups in total. The molecular formula is C23H37N7OS. The Labute approximate surface area is 195 Å². The average Bonchev–Trinajstić information content (AvgIpc) is 3.15. The van der Waals surface area contributed by atoms with Gasteiger partial charge in [0.05, 0.1) is 10.3 Å². The molecule has 0 atom stereocenters. The molecule has 176 valence electrons. The third-order valence-electron chi connectivity index (χ3n) is 6.66. The molecule has 0 aliphatic carbocycles. The lowest BCUT2D eigenvalue weighted by molar-refractivity contribution is 0.0951. The Hall–Kier alpha value is -1.81. The van der Waals surface area contributed by atoms with Gasteiger partial charge in [0.1, 0.15) is 17.0 Å². The molecule has 2 aliphatic heterocycles. The monoisotopic (exact) mass is 459 g/mol. The van der Waals surface area contributed by atoms with Crippen molar-refractivity contribution in [1.29, 1.82) is 0 Å². The Balaban J connectivity index is 1.32. The number of hydrogen-bond acceptors (Lipinski definition) is 8. The topological polar surface area (TPSA) is 67.8 Å². The van der Waals surface area contributed by atoms with E-state index in [1.807, 2.05) is 6.92 Å². The molecule has 2 aromatic heterocycles. The van der Waals surface area contributed by atoms with Crippen LogP contribution in [0.25, 0.3) is 10.2 Å². The lowest BCUT2D eigenvalue weighted by Crippen LogP contribution is -2.47. The summed E-state index contributed by atoms with van der Waals surface area (Å²) in [5, 5.41) is 4.18. The highest BCUT2D eigenvalue weighted by Gasteiger charge is 2.23. The Bertz CT molecular complexity index is 901. The number of anilines is 1. The van der Waals surface area contributed by atoms with Crippen LogP contribution in [0.5, 0.6) is 0 Å². The summed E-state index contributed by atoms with van der Waals surface area (Å²) in [6, 6.07) is 0. The fraction of sp³-hybridized carbons (Fsp3) is 0.696. The number of carbonyl (C=O) groups is 1. The molecule has 2 aliphatic rings. The normalized spacial score (nSPS) is 19.0. The number of rotatable bonds is 8. The average molecular weight is 460 g/mol. The van der Waals surface area contributed by atoms with Crippen molar-refractivity contribution in [3.05, 3.63) is 16.8 Å². The highest BCUT2D eigenvalue weighted by atomic mass is 32.1. The minimum atomic E-state index is 0.0163. The standard InChI is InChI=1S/C23H37N7OS/c1-4-7-28-11-13-29(14-12-28)8-5-6-24-22(31)20-18(2)19-21(25-17-26-23(19)32-20)30-15-9-27(3)10-16-30/h17H,4-16H2,1-3H3,(H,24,31).